The number of thiophene rings is 1. The van der Waals surface area contributed by atoms with Gasteiger partial charge in [0.15, 0.2) is 11.5 Å². The van der Waals surface area contributed by atoms with Crippen molar-refractivity contribution in [2.45, 2.75) is 0 Å². The average molecular weight is 354 g/mol. The number of ether oxygens (including phenoxy) is 2. The van der Waals surface area contributed by atoms with Crippen molar-refractivity contribution in [2.24, 2.45) is 0 Å². The van der Waals surface area contributed by atoms with Gasteiger partial charge in [-0.3, -0.25) is 0 Å². The summed E-state index contributed by atoms with van der Waals surface area (Å²) >= 11 is 3.05. The highest BCUT2D eigenvalue weighted by atomic mass is 32.1. The summed E-state index contributed by atoms with van der Waals surface area (Å²) in [4.78, 5) is 5.64. The van der Waals surface area contributed by atoms with Crippen molar-refractivity contribution < 1.29 is 9.47 Å². The molecule has 3 aromatic rings. The Morgan fingerprint density at radius 2 is 2.00 bits per heavy atom. The van der Waals surface area contributed by atoms with Gasteiger partial charge in [-0.25, -0.2) is 4.98 Å². The summed E-state index contributed by atoms with van der Waals surface area (Å²) in [5.41, 5.74) is 2.29. The van der Waals surface area contributed by atoms with Gasteiger partial charge in [0.1, 0.15) is 11.1 Å². The van der Waals surface area contributed by atoms with Gasteiger partial charge in [-0.05, 0) is 35.7 Å². The molecular formula is C18H14N2O2S2. The summed E-state index contributed by atoms with van der Waals surface area (Å²) in [5.74, 6) is 1.33. The summed E-state index contributed by atoms with van der Waals surface area (Å²) < 4.78 is 10.6. The molecule has 2 heterocycles. The Bertz CT molecular complexity index is 905. The maximum Gasteiger partial charge on any atom is 0.161 e. The first-order chi connectivity index (χ1) is 11.7. The van der Waals surface area contributed by atoms with Crippen LogP contribution in [0.15, 0.2) is 41.1 Å². The third kappa shape index (κ3) is 3.32. The van der Waals surface area contributed by atoms with Gasteiger partial charge in [-0.15, -0.1) is 22.7 Å². The molecule has 120 valence electrons. The lowest BCUT2D eigenvalue weighted by Gasteiger charge is -2.08. The number of nitrogens with zero attached hydrogens (tertiary/aromatic N) is 2. The second-order valence-corrected chi connectivity index (χ2v) is 6.63. The average Bonchev–Trinajstić information content (AvgIpc) is 3.30. The third-order valence-electron chi connectivity index (χ3n) is 3.36. The fraction of sp³-hybridized carbons (Fsp3) is 0.111. The Labute approximate surface area is 148 Å². The van der Waals surface area contributed by atoms with E-state index in [-0.39, 0.29) is 0 Å². The molecule has 0 saturated carbocycles. The van der Waals surface area contributed by atoms with Crippen molar-refractivity contribution in [1.29, 1.82) is 5.26 Å². The molecule has 0 radical (unpaired) electrons. The highest BCUT2D eigenvalue weighted by molar-refractivity contribution is 7.12. The van der Waals surface area contributed by atoms with Crippen LogP contribution in [0.5, 0.6) is 11.5 Å². The zero-order valence-electron chi connectivity index (χ0n) is 13.1. The van der Waals surface area contributed by atoms with Crippen molar-refractivity contribution in [1.82, 2.24) is 4.98 Å². The van der Waals surface area contributed by atoms with Crippen molar-refractivity contribution in [2.75, 3.05) is 14.2 Å². The number of hydrogen-bond acceptors (Lipinski definition) is 6. The molecule has 6 heteroatoms. The minimum Gasteiger partial charge on any atom is -0.493 e. The fourth-order valence-electron chi connectivity index (χ4n) is 2.18. The highest BCUT2D eigenvalue weighted by Gasteiger charge is 2.12. The van der Waals surface area contributed by atoms with Crippen molar-refractivity contribution in [3.05, 3.63) is 51.0 Å². The van der Waals surface area contributed by atoms with Gasteiger partial charge in [-0.1, -0.05) is 6.07 Å². The van der Waals surface area contributed by atoms with E-state index in [1.807, 2.05) is 47.2 Å². The van der Waals surface area contributed by atoms with Crippen LogP contribution in [0, 0.1) is 11.3 Å². The zero-order valence-corrected chi connectivity index (χ0v) is 14.8. The van der Waals surface area contributed by atoms with Crippen LogP contribution in [0.1, 0.15) is 9.88 Å². The molecule has 0 amide bonds. The Kier molecular flexibility index (Phi) is 4.94. The van der Waals surface area contributed by atoms with Gasteiger partial charge >= 0.3 is 0 Å². The summed E-state index contributed by atoms with van der Waals surface area (Å²) in [7, 11) is 3.21. The number of rotatable bonds is 5. The van der Waals surface area contributed by atoms with Crippen molar-refractivity contribution in [3.63, 3.8) is 0 Å². The lowest BCUT2D eigenvalue weighted by atomic mass is 10.1. The lowest BCUT2D eigenvalue weighted by Crippen LogP contribution is -1.91. The number of methoxy groups -OCH3 is 2. The maximum absolute atomic E-state index is 9.43. The molecule has 2 aromatic heterocycles. The summed E-state index contributed by atoms with van der Waals surface area (Å²) in [6, 6.07) is 11.8. The van der Waals surface area contributed by atoms with Gasteiger partial charge in [0.25, 0.3) is 0 Å². The minimum atomic E-state index is 0.564. The summed E-state index contributed by atoms with van der Waals surface area (Å²) in [6.45, 7) is 0. The predicted molar refractivity (Wildman–Crippen MR) is 98.5 cm³/mol. The summed E-state index contributed by atoms with van der Waals surface area (Å²) in [6.07, 6.45) is 1.86. The molecule has 0 atom stereocenters. The van der Waals surface area contributed by atoms with Crippen LogP contribution < -0.4 is 9.47 Å². The minimum absolute atomic E-state index is 0.564. The second kappa shape index (κ2) is 7.30. The molecule has 24 heavy (non-hydrogen) atoms. The Morgan fingerprint density at radius 3 is 2.67 bits per heavy atom. The number of thiazole rings is 1. The molecule has 4 nitrogen and oxygen atoms in total. The van der Waals surface area contributed by atoms with Crippen LogP contribution >= 0.6 is 22.7 Å². The van der Waals surface area contributed by atoms with E-state index in [1.54, 1.807) is 25.6 Å². The van der Waals surface area contributed by atoms with Gasteiger partial charge < -0.3 is 9.47 Å². The van der Waals surface area contributed by atoms with Crippen LogP contribution in [-0.2, 0) is 0 Å². The maximum atomic E-state index is 9.43. The fourth-order valence-corrected chi connectivity index (χ4v) is 3.64. The van der Waals surface area contributed by atoms with Crippen LogP contribution in [0.2, 0.25) is 0 Å². The van der Waals surface area contributed by atoms with Crippen LogP contribution in [0.3, 0.4) is 0 Å². The SMILES string of the molecule is COc1ccc(-c2csc(C(C#N)=Cc3cccs3)n2)cc1OC. The molecule has 0 aliphatic carbocycles. The van der Waals surface area contributed by atoms with Gasteiger partial charge in [0.05, 0.1) is 25.5 Å². The van der Waals surface area contributed by atoms with E-state index in [9.17, 15) is 5.26 Å². The first kappa shape index (κ1) is 16.2. The molecule has 0 saturated heterocycles. The molecule has 0 aliphatic heterocycles. The zero-order chi connectivity index (χ0) is 16.9. The molecule has 0 N–H and O–H groups in total. The van der Waals surface area contributed by atoms with Crippen LogP contribution in [0.25, 0.3) is 22.9 Å². The molecule has 0 spiro atoms. The van der Waals surface area contributed by atoms with Gasteiger partial charge in [0, 0.05) is 15.8 Å². The molecule has 0 bridgehead atoms. The Morgan fingerprint density at radius 1 is 1.17 bits per heavy atom. The molecule has 0 aliphatic rings. The van der Waals surface area contributed by atoms with Crippen molar-refractivity contribution in [3.8, 4) is 28.8 Å². The van der Waals surface area contributed by atoms with E-state index in [4.69, 9.17) is 9.47 Å². The van der Waals surface area contributed by atoms with E-state index in [2.05, 4.69) is 11.1 Å². The number of hydrogen-bond donors (Lipinski definition) is 0. The molecule has 0 fully saturated rings. The summed E-state index contributed by atoms with van der Waals surface area (Å²) in [5, 5.41) is 14.1. The molecule has 1 aromatic carbocycles. The van der Waals surface area contributed by atoms with E-state index in [0.717, 1.165) is 16.1 Å². The van der Waals surface area contributed by atoms with E-state index in [0.29, 0.717) is 22.1 Å². The van der Waals surface area contributed by atoms with E-state index in [1.165, 1.54) is 11.3 Å². The quantitative estimate of drug-likeness (QED) is 0.608. The topological polar surface area (TPSA) is 55.1 Å². The number of benzene rings is 1. The largest absolute Gasteiger partial charge is 0.493 e. The Hall–Kier alpha value is -2.62. The number of aromatic nitrogens is 1. The first-order valence-corrected chi connectivity index (χ1v) is 8.84. The Balaban J connectivity index is 1.95. The van der Waals surface area contributed by atoms with Gasteiger partial charge in [-0.2, -0.15) is 5.26 Å². The van der Waals surface area contributed by atoms with E-state index < -0.39 is 0 Å². The standard InChI is InChI=1S/C18H14N2O2S2/c1-21-16-6-5-12(9-17(16)22-2)15-11-24-18(20-15)13(10-19)8-14-4-3-7-23-14/h3-9,11H,1-2H3. The molecule has 3 rings (SSSR count). The molecule has 0 unspecified atom stereocenters. The van der Waals surface area contributed by atoms with Crippen molar-refractivity contribution >= 4 is 34.3 Å². The predicted octanol–water partition coefficient (Wildman–Crippen LogP) is 4.95. The van der Waals surface area contributed by atoms with Crippen LogP contribution in [0.4, 0.5) is 0 Å². The number of allylic oxidation sites excluding steroid dienone is 1. The monoisotopic (exact) mass is 354 g/mol. The second-order valence-electron chi connectivity index (χ2n) is 4.79. The number of nitriles is 1. The smallest absolute Gasteiger partial charge is 0.161 e. The van der Waals surface area contributed by atoms with E-state index >= 15 is 0 Å². The first-order valence-electron chi connectivity index (χ1n) is 7.08. The van der Waals surface area contributed by atoms with Crippen LogP contribution in [-0.4, -0.2) is 19.2 Å². The third-order valence-corrected chi connectivity index (χ3v) is 5.06. The normalized spacial score (nSPS) is 11.1. The molecular weight excluding hydrogens is 340 g/mol. The highest BCUT2D eigenvalue weighted by Crippen LogP contribution is 2.34. The lowest BCUT2D eigenvalue weighted by molar-refractivity contribution is 0.355. The van der Waals surface area contributed by atoms with Gasteiger partial charge in [0.2, 0.25) is 0 Å².